The van der Waals surface area contributed by atoms with Crippen molar-refractivity contribution in [3.63, 3.8) is 0 Å². The highest BCUT2D eigenvalue weighted by Crippen LogP contribution is 2.50. The summed E-state index contributed by atoms with van der Waals surface area (Å²) in [5.74, 6) is -0.101. The van der Waals surface area contributed by atoms with E-state index in [-0.39, 0.29) is 17.4 Å². The van der Waals surface area contributed by atoms with Gasteiger partial charge in [-0.1, -0.05) is 60.7 Å². The van der Waals surface area contributed by atoms with Crippen molar-refractivity contribution >= 4 is 57.9 Å². The third-order valence-corrected chi connectivity index (χ3v) is 10.1. The topological polar surface area (TPSA) is 88.2 Å². The van der Waals surface area contributed by atoms with E-state index < -0.39 is 17.8 Å². The van der Waals surface area contributed by atoms with E-state index in [0.29, 0.717) is 36.0 Å². The Hall–Kier alpha value is -4.64. The van der Waals surface area contributed by atoms with Crippen LogP contribution in [0.25, 0.3) is 6.08 Å². The van der Waals surface area contributed by atoms with Crippen molar-refractivity contribution in [2.75, 3.05) is 36.1 Å². The fourth-order valence-electron chi connectivity index (χ4n) is 7.25. The van der Waals surface area contributed by atoms with E-state index in [1.54, 1.807) is 6.07 Å². The molecule has 2 atom stereocenters. The Balaban J connectivity index is 1.36. The molecule has 0 bridgehead atoms. The Morgan fingerprint density at radius 2 is 1.40 bits per heavy atom. The van der Waals surface area contributed by atoms with E-state index in [4.69, 9.17) is 9.47 Å². The van der Waals surface area contributed by atoms with Crippen molar-refractivity contribution in [3.05, 3.63) is 122 Å². The van der Waals surface area contributed by atoms with E-state index >= 15 is 0 Å². The molecule has 3 aliphatic rings. The Morgan fingerprint density at radius 3 is 1.96 bits per heavy atom. The van der Waals surface area contributed by atoms with Crippen LogP contribution >= 0.6 is 22.6 Å². The number of urea groups is 1. The SMILES string of the molecule is CCOc1cc(/C=C2\C(=O)NC(=O)N(c3cc4c5c(c3)[C@H](c3ccccc3)CCN5CC[C@H]4c3ccccc3)C2=O)cc(I)c1OCC. The second-order valence-electron chi connectivity index (χ2n) is 12.1. The van der Waals surface area contributed by atoms with Crippen molar-refractivity contribution in [1.29, 1.82) is 0 Å². The first-order valence-corrected chi connectivity index (χ1v) is 17.5. The van der Waals surface area contributed by atoms with Crippen LogP contribution in [0.1, 0.15) is 66.3 Å². The summed E-state index contributed by atoms with van der Waals surface area (Å²) < 4.78 is 12.4. The van der Waals surface area contributed by atoms with Crippen molar-refractivity contribution in [2.45, 2.75) is 38.5 Å². The summed E-state index contributed by atoms with van der Waals surface area (Å²) in [6.45, 7) is 6.51. The molecule has 1 fully saturated rings. The van der Waals surface area contributed by atoms with E-state index in [9.17, 15) is 14.4 Å². The number of nitrogens with zero attached hydrogens (tertiary/aromatic N) is 2. The van der Waals surface area contributed by atoms with Gasteiger partial charge in [-0.05, 0) is 107 Å². The average molecular weight is 754 g/mol. The average Bonchev–Trinajstić information content (AvgIpc) is 3.09. The molecule has 4 amide bonds. The Bertz CT molecular complexity index is 1850. The maximum Gasteiger partial charge on any atom is 0.335 e. The van der Waals surface area contributed by atoms with Crippen LogP contribution in [0.4, 0.5) is 16.2 Å². The van der Waals surface area contributed by atoms with Crippen LogP contribution in [-0.4, -0.2) is 44.1 Å². The lowest BCUT2D eigenvalue weighted by Gasteiger charge is -2.44. The van der Waals surface area contributed by atoms with Gasteiger partial charge in [-0.2, -0.15) is 0 Å². The van der Waals surface area contributed by atoms with Gasteiger partial charge in [0.1, 0.15) is 5.57 Å². The summed E-state index contributed by atoms with van der Waals surface area (Å²) in [5, 5.41) is 2.43. The summed E-state index contributed by atoms with van der Waals surface area (Å²) in [7, 11) is 0. The quantitative estimate of drug-likeness (QED) is 0.113. The van der Waals surface area contributed by atoms with E-state index in [1.165, 1.54) is 22.9 Å². The number of rotatable bonds is 8. The maximum absolute atomic E-state index is 14.3. The Morgan fingerprint density at radius 1 is 0.812 bits per heavy atom. The van der Waals surface area contributed by atoms with Crippen LogP contribution in [0.15, 0.2) is 90.5 Å². The molecule has 9 heteroatoms. The number of ether oxygens (including phenoxy) is 2. The molecule has 1 N–H and O–H groups in total. The highest BCUT2D eigenvalue weighted by Gasteiger charge is 2.40. The van der Waals surface area contributed by atoms with Gasteiger partial charge in [-0.25, -0.2) is 9.69 Å². The molecule has 4 aromatic carbocycles. The first-order chi connectivity index (χ1) is 23.4. The molecular weight excluding hydrogens is 717 g/mol. The molecule has 0 radical (unpaired) electrons. The minimum atomic E-state index is -0.762. The van der Waals surface area contributed by atoms with E-state index in [2.05, 4.69) is 57.1 Å². The third-order valence-electron chi connectivity index (χ3n) is 9.29. The summed E-state index contributed by atoms with van der Waals surface area (Å²) in [4.78, 5) is 44.6. The molecular formula is C39H36IN3O5. The molecule has 7 rings (SSSR count). The molecule has 48 heavy (non-hydrogen) atoms. The highest BCUT2D eigenvalue weighted by atomic mass is 127. The normalized spacial score (nSPS) is 19.6. The van der Waals surface area contributed by atoms with Gasteiger partial charge in [0.05, 0.1) is 22.5 Å². The number of halogens is 1. The summed E-state index contributed by atoms with van der Waals surface area (Å²) in [6, 6.07) is 27.6. The predicted molar refractivity (Wildman–Crippen MR) is 195 cm³/mol. The highest BCUT2D eigenvalue weighted by molar-refractivity contribution is 14.1. The van der Waals surface area contributed by atoms with Crippen LogP contribution in [0.2, 0.25) is 0 Å². The number of imide groups is 2. The van der Waals surface area contributed by atoms with E-state index in [1.807, 2.05) is 68.4 Å². The lowest BCUT2D eigenvalue weighted by atomic mass is 9.76. The lowest BCUT2D eigenvalue weighted by molar-refractivity contribution is -0.122. The monoisotopic (exact) mass is 753 g/mol. The first-order valence-electron chi connectivity index (χ1n) is 16.4. The fourth-order valence-corrected chi connectivity index (χ4v) is 8.03. The van der Waals surface area contributed by atoms with E-state index in [0.717, 1.165) is 45.5 Å². The predicted octanol–water partition coefficient (Wildman–Crippen LogP) is 7.63. The van der Waals surface area contributed by atoms with Crippen LogP contribution < -0.4 is 24.6 Å². The summed E-state index contributed by atoms with van der Waals surface area (Å²) in [6.07, 6.45) is 3.34. The van der Waals surface area contributed by atoms with Crippen LogP contribution in [0.5, 0.6) is 11.5 Å². The van der Waals surface area contributed by atoms with Gasteiger partial charge in [0, 0.05) is 30.6 Å². The number of benzene rings is 4. The first kappa shape index (κ1) is 31.9. The van der Waals surface area contributed by atoms with Crippen molar-refractivity contribution in [3.8, 4) is 11.5 Å². The number of amides is 4. The van der Waals surface area contributed by atoms with Crippen molar-refractivity contribution < 1.29 is 23.9 Å². The zero-order chi connectivity index (χ0) is 33.4. The molecule has 1 saturated heterocycles. The van der Waals surface area contributed by atoms with Crippen molar-refractivity contribution in [1.82, 2.24) is 5.32 Å². The molecule has 8 nitrogen and oxygen atoms in total. The molecule has 0 unspecified atom stereocenters. The molecule has 0 saturated carbocycles. The molecule has 244 valence electrons. The second kappa shape index (κ2) is 13.5. The summed E-state index contributed by atoms with van der Waals surface area (Å²) in [5.41, 5.74) is 6.65. The number of nitrogens with one attached hydrogen (secondary N) is 1. The minimum Gasteiger partial charge on any atom is -0.490 e. The number of hydrogen-bond donors (Lipinski definition) is 1. The van der Waals surface area contributed by atoms with Gasteiger partial charge < -0.3 is 14.4 Å². The van der Waals surface area contributed by atoms with Gasteiger partial charge in [0.15, 0.2) is 11.5 Å². The second-order valence-corrected chi connectivity index (χ2v) is 13.3. The van der Waals surface area contributed by atoms with Crippen LogP contribution in [0.3, 0.4) is 0 Å². The van der Waals surface area contributed by atoms with Crippen LogP contribution in [0, 0.1) is 3.57 Å². The van der Waals surface area contributed by atoms with Gasteiger partial charge in [0.2, 0.25) is 0 Å². The van der Waals surface area contributed by atoms with Gasteiger partial charge in [-0.15, -0.1) is 0 Å². The molecule has 3 heterocycles. The fraction of sp³-hybridized carbons (Fsp3) is 0.256. The zero-order valence-corrected chi connectivity index (χ0v) is 29.0. The number of carbonyl (C=O) groups excluding carboxylic acids is 3. The largest absolute Gasteiger partial charge is 0.490 e. The molecule has 0 aromatic heterocycles. The molecule has 3 aliphatic heterocycles. The standard InChI is InChI=1S/C39H36IN3O5/c1-3-47-34-21-24(20-33(40)36(34)48-4-2)19-32-37(44)41-39(46)43(38(32)45)27-22-30-28(25-11-7-5-8-12-25)15-17-42-18-16-29(31(23-27)35(30)42)26-13-9-6-10-14-26/h5-14,19-23,28-29H,3-4,15-18H2,1-2H3,(H,41,44,46)/b32-19+/t28-,29-/m0/s1. The number of hydrogen-bond acceptors (Lipinski definition) is 6. The lowest BCUT2D eigenvalue weighted by Crippen LogP contribution is -2.54. The smallest absolute Gasteiger partial charge is 0.335 e. The Labute approximate surface area is 293 Å². The zero-order valence-electron chi connectivity index (χ0n) is 26.9. The molecule has 4 aromatic rings. The van der Waals surface area contributed by atoms with Gasteiger partial charge in [0.25, 0.3) is 11.8 Å². The van der Waals surface area contributed by atoms with Gasteiger partial charge in [-0.3, -0.25) is 14.9 Å². The molecule has 0 spiro atoms. The molecule has 0 aliphatic carbocycles. The van der Waals surface area contributed by atoms with Gasteiger partial charge >= 0.3 is 6.03 Å². The number of carbonyl (C=O) groups is 3. The Kier molecular flexibility index (Phi) is 8.96. The maximum atomic E-state index is 14.3. The van der Waals surface area contributed by atoms with Crippen LogP contribution in [-0.2, 0) is 9.59 Å². The minimum absolute atomic E-state index is 0.0909. The van der Waals surface area contributed by atoms with Crippen molar-refractivity contribution in [2.24, 2.45) is 0 Å². The summed E-state index contributed by atoms with van der Waals surface area (Å²) >= 11 is 2.16. The number of barbiturate groups is 1. The third kappa shape index (κ3) is 5.85. The number of anilines is 2.